The molecule has 1 aliphatic rings. The molecule has 2 heterocycles. The van der Waals surface area contributed by atoms with Crippen LogP contribution in [0.15, 0.2) is 54.7 Å². The number of nitrogens with zero attached hydrogens (tertiary/aromatic N) is 2. The molecule has 1 saturated carbocycles. The van der Waals surface area contributed by atoms with E-state index < -0.39 is 0 Å². The molecule has 0 spiro atoms. The highest BCUT2D eigenvalue weighted by molar-refractivity contribution is 7.18. The monoisotopic (exact) mass is 346 g/mol. The van der Waals surface area contributed by atoms with Crippen molar-refractivity contribution in [1.82, 2.24) is 14.9 Å². The van der Waals surface area contributed by atoms with E-state index in [0.29, 0.717) is 6.54 Å². The molecular weight excluding hydrogens is 330 g/mol. The minimum atomic E-state index is -0.00593. The van der Waals surface area contributed by atoms with Crippen LogP contribution >= 0.6 is 11.3 Å². The van der Waals surface area contributed by atoms with Crippen LogP contribution in [0.4, 0.5) is 0 Å². The second kappa shape index (κ2) is 5.70. The van der Waals surface area contributed by atoms with Gasteiger partial charge in [0.1, 0.15) is 5.01 Å². The molecule has 2 aromatic carbocycles. The van der Waals surface area contributed by atoms with Crippen molar-refractivity contribution in [3.8, 4) is 0 Å². The Morgan fingerprint density at radius 3 is 2.92 bits per heavy atom. The van der Waals surface area contributed by atoms with Gasteiger partial charge in [-0.15, -0.1) is 11.3 Å². The fraction of sp³-hybridized carbons (Fsp3) is 0.150. The van der Waals surface area contributed by atoms with Crippen LogP contribution in [0.1, 0.15) is 21.8 Å². The van der Waals surface area contributed by atoms with Gasteiger partial charge in [0.15, 0.2) is 0 Å². The van der Waals surface area contributed by atoms with Crippen LogP contribution in [0.2, 0.25) is 0 Å². The van der Waals surface area contributed by atoms with Crippen LogP contribution in [-0.4, -0.2) is 21.5 Å². The van der Waals surface area contributed by atoms with Crippen LogP contribution < -0.4 is 5.32 Å². The van der Waals surface area contributed by atoms with Crippen LogP contribution in [0.25, 0.3) is 21.1 Å². The normalized spacial score (nSPS) is 14.2. The molecule has 4 nitrogen and oxygen atoms in total. The van der Waals surface area contributed by atoms with E-state index in [9.17, 15) is 4.79 Å². The zero-order valence-electron chi connectivity index (χ0n) is 13.5. The summed E-state index contributed by atoms with van der Waals surface area (Å²) in [6.45, 7) is 0.669. The Kier molecular flexibility index (Phi) is 3.35. The molecule has 1 unspecified atom stereocenters. The summed E-state index contributed by atoms with van der Waals surface area (Å²) in [7, 11) is 0. The highest BCUT2D eigenvalue weighted by atomic mass is 32.1. The maximum atomic E-state index is 12.6. The fourth-order valence-electron chi connectivity index (χ4n) is 3.14. The van der Waals surface area contributed by atoms with Crippen molar-refractivity contribution in [2.75, 3.05) is 0 Å². The summed E-state index contributed by atoms with van der Waals surface area (Å²) in [5.41, 5.74) is 2.73. The lowest BCUT2D eigenvalue weighted by Gasteiger charge is -2.09. The standard InChI is InChI=1S/C20H16N3OS/c24-20(21-14-8-9-14)15-5-3-4-13-10-11-23(19(13)15)12-18-22-16-6-1-2-7-17(16)25-18/h1-8,10-11,14H,9,12H2,(H,21,24). The molecular formula is C20H16N3OS. The predicted molar refractivity (Wildman–Crippen MR) is 101 cm³/mol. The summed E-state index contributed by atoms with van der Waals surface area (Å²) in [5.74, 6) is -0.00593. The SMILES string of the molecule is O=C(NC1[CH]C1)c1cccc2ccn(Cc3nc4ccccc4s3)c12. The first kappa shape index (κ1) is 14.7. The van der Waals surface area contributed by atoms with Gasteiger partial charge >= 0.3 is 0 Å². The van der Waals surface area contributed by atoms with Crippen molar-refractivity contribution in [3.63, 3.8) is 0 Å². The summed E-state index contributed by atoms with van der Waals surface area (Å²) in [6.07, 6.45) is 5.10. The van der Waals surface area contributed by atoms with Gasteiger partial charge in [-0.2, -0.15) is 0 Å². The third-order valence-electron chi connectivity index (χ3n) is 4.46. The predicted octanol–water partition coefficient (Wildman–Crippen LogP) is 4.01. The van der Waals surface area contributed by atoms with Crippen molar-refractivity contribution in [2.24, 2.45) is 0 Å². The first-order valence-electron chi connectivity index (χ1n) is 8.34. The number of carbonyl (C=O) groups is 1. The van der Waals surface area contributed by atoms with Crippen LogP contribution in [0.3, 0.4) is 0 Å². The van der Waals surface area contributed by atoms with E-state index >= 15 is 0 Å². The fourth-order valence-corrected chi connectivity index (χ4v) is 4.11. The lowest BCUT2D eigenvalue weighted by atomic mass is 10.1. The number of aromatic nitrogens is 2. The number of carbonyl (C=O) groups excluding carboxylic acids is 1. The maximum absolute atomic E-state index is 12.6. The second-order valence-corrected chi connectivity index (χ2v) is 7.43. The van der Waals surface area contributed by atoms with E-state index in [1.54, 1.807) is 11.3 Å². The maximum Gasteiger partial charge on any atom is 0.253 e. The third-order valence-corrected chi connectivity index (χ3v) is 5.49. The zero-order chi connectivity index (χ0) is 16.8. The van der Waals surface area contributed by atoms with Gasteiger partial charge in [0.25, 0.3) is 5.91 Å². The van der Waals surface area contributed by atoms with Gasteiger partial charge in [-0.25, -0.2) is 4.98 Å². The molecule has 2 aromatic heterocycles. The highest BCUT2D eigenvalue weighted by Gasteiger charge is 2.25. The molecule has 0 aliphatic heterocycles. The van der Waals surface area contributed by atoms with Crippen molar-refractivity contribution in [3.05, 3.63) is 71.7 Å². The third kappa shape index (κ3) is 2.70. The smallest absolute Gasteiger partial charge is 0.253 e. The van der Waals surface area contributed by atoms with Gasteiger partial charge in [-0.05, 0) is 37.1 Å². The van der Waals surface area contributed by atoms with E-state index in [1.807, 2.05) is 42.6 Å². The van der Waals surface area contributed by atoms with E-state index in [0.717, 1.165) is 33.4 Å². The number of para-hydroxylation sites is 2. The molecule has 123 valence electrons. The van der Waals surface area contributed by atoms with Crippen LogP contribution in [0.5, 0.6) is 0 Å². The van der Waals surface area contributed by atoms with Crippen LogP contribution in [0, 0.1) is 6.42 Å². The van der Waals surface area contributed by atoms with Gasteiger partial charge in [0, 0.05) is 17.6 Å². The van der Waals surface area contributed by atoms with E-state index in [-0.39, 0.29) is 11.9 Å². The number of hydrogen-bond donors (Lipinski definition) is 1. The molecule has 1 atom stereocenters. The minimum Gasteiger partial charge on any atom is -0.349 e. The number of hydrogen-bond acceptors (Lipinski definition) is 3. The summed E-state index contributed by atoms with van der Waals surface area (Å²) in [4.78, 5) is 17.3. The molecule has 1 aliphatic carbocycles. The topological polar surface area (TPSA) is 46.9 Å². The van der Waals surface area contributed by atoms with Gasteiger partial charge in [0.2, 0.25) is 0 Å². The van der Waals surface area contributed by atoms with Crippen molar-refractivity contribution < 1.29 is 4.79 Å². The average molecular weight is 346 g/mol. The Morgan fingerprint density at radius 1 is 1.20 bits per heavy atom. The first-order chi connectivity index (χ1) is 12.3. The summed E-state index contributed by atoms with van der Waals surface area (Å²) in [6, 6.07) is 16.3. The molecule has 25 heavy (non-hydrogen) atoms. The largest absolute Gasteiger partial charge is 0.349 e. The lowest BCUT2D eigenvalue weighted by Crippen LogP contribution is -2.26. The molecule has 0 saturated heterocycles. The number of nitrogens with one attached hydrogen (secondary N) is 1. The summed E-state index contributed by atoms with van der Waals surface area (Å²) >= 11 is 1.70. The number of rotatable bonds is 4. The molecule has 5 rings (SSSR count). The number of amides is 1. The number of benzene rings is 2. The molecule has 1 N–H and O–H groups in total. The Morgan fingerprint density at radius 2 is 2.08 bits per heavy atom. The molecule has 4 aromatic rings. The Bertz CT molecular complexity index is 1060. The van der Waals surface area contributed by atoms with E-state index in [4.69, 9.17) is 4.98 Å². The number of fused-ring (bicyclic) bond motifs is 2. The van der Waals surface area contributed by atoms with Crippen molar-refractivity contribution in [2.45, 2.75) is 19.0 Å². The lowest BCUT2D eigenvalue weighted by molar-refractivity contribution is 0.0953. The second-order valence-electron chi connectivity index (χ2n) is 6.31. The highest BCUT2D eigenvalue weighted by Crippen LogP contribution is 2.26. The zero-order valence-corrected chi connectivity index (χ0v) is 14.3. The average Bonchev–Trinajstić information content (AvgIpc) is 3.19. The van der Waals surface area contributed by atoms with Crippen LogP contribution in [-0.2, 0) is 6.54 Å². The molecule has 5 heteroatoms. The Balaban J connectivity index is 1.55. The molecule has 1 fully saturated rings. The van der Waals surface area contributed by atoms with Gasteiger partial charge in [0.05, 0.1) is 27.8 Å². The Labute approximate surface area is 149 Å². The van der Waals surface area contributed by atoms with Gasteiger partial charge < -0.3 is 9.88 Å². The van der Waals surface area contributed by atoms with Crippen molar-refractivity contribution >= 4 is 38.4 Å². The quantitative estimate of drug-likeness (QED) is 0.607. The van der Waals surface area contributed by atoms with Gasteiger partial charge in [-0.3, -0.25) is 4.79 Å². The van der Waals surface area contributed by atoms with Gasteiger partial charge in [-0.1, -0.05) is 24.3 Å². The molecule has 0 bridgehead atoms. The minimum absolute atomic E-state index is 0.00593. The van der Waals surface area contributed by atoms with E-state index in [1.165, 1.54) is 4.70 Å². The summed E-state index contributed by atoms with van der Waals surface area (Å²) < 4.78 is 3.31. The first-order valence-corrected chi connectivity index (χ1v) is 9.16. The van der Waals surface area contributed by atoms with Crippen molar-refractivity contribution in [1.29, 1.82) is 0 Å². The molecule has 1 radical (unpaired) electrons. The van der Waals surface area contributed by atoms with E-state index in [2.05, 4.69) is 28.4 Å². The summed E-state index contributed by atoms with van der Waals surface area (Å²) in [5, 5.41) is 5.17. The molecule has 1 amide bonds. The Hall–Kier alpha value is -2.66. The number of thiazole rings is 1.